The highest BCUT2D eigenvalue weighted by Crippen LogP contribution is 2.17. The largest absolute Gasteiger partial charge is 0.320 e. The Kier molecular flexibility index (Phi) is 4.52. The fourth-order valence-corrected chi connectivity index (χ4v) is 2.65. The molecule has 0 atom stereocenters. The lowest BCUT2D eigenvalue weighted by Gasteiger charge is -2.08. The molecule has 0 saturated heterocycles. The predicted octanol–water partition coefficient (Wildman–Crippen LogP) is 1.33. The molecule has 0 spiro atoms. The summed E-state index contributed by atoms with van der Waals surface area (Å²) >= 11 is 0. The minimum absolute atomic E-state index is 0.0575. The van der Waals surface area contributed by atoms with Crippen LogP contribution in [0.5, 0.6) is 0 Å². The van der Waals surface area contributed by atoms with Crippen LogP contribution in [0.1, 0.15) is 5.56 Å². The van der Waals surface area contributed by atoms with Gasteiger partial charge < -0.3 is 5.73 Å². The highest BCUT2D eigenvalue weighted by atomic mass is 32.2. The van der Waals surface area contributed by atoms with Crippen LogP contribution < -0.4 is 10.5 Å². The summed E-state index contributed by atoms with van der Waals surface area (Å²) in [4.78, 5) is 3.44. The average Bonchev–Trinajstić information content (AvgIpc) is 2.45. The number of hydrogen-bond donors (Lipinski definition) is 2. The van der Waals surface area contributed by atoms with E-state index in [1.165, 1.54) is 30.5 Å². The van der Waals surface area contributed by atoms with Gasteiger partial charge in [0.1, 0.15) is 16.5 Å². The maximum atomic E-state index is 13.6. The third kappa shape index (κ3) is 3.78. The summed E-state index contributed by atoms with van der Waals surface area (Å²) in [5, 5.41) is 0. The number of sulfonamides is 1. The van der Waals surface area contributed by atoms with Crippen molar-refractivity contribution < 1.29 is 12.8 Å². The van der Waals surface area contributed by atoms with Gasteiger partial charge in [-0.05, 0) is 24.3 Å². The van der Waals surface area contributed by atoms with Crippen LogP contribution in [-0.4, -0.2) is 19.9 Å². The molecule has 0 radical (unpaired) electrons. The second kappa shape index (κ2) is 6.35. The van der Waals surface area contributed by atoms with E-state index in [9.17, 15) is 12.8 Å². The maximum Gasteiger partial charge on any atom is 0.265 e. The molecule has 1 heterocycles. The SMILES string of the molecule is NCC#Cc1ccnc(NS(=O)(=O)c2ccccc2F)c1. The van der Waals surface area contributed by atoms with Crippen molar-refractivity contribution in [1.29, 1.82) is 0 Å². The van der Waals surface area contributed by atoms with Gasteiger partial charge in [0, 0.05) is 11.8 Å². The second-order valence-corrected chi connectivity index (χ2v) is 5.62. The Morgan fingerprint density at radius 3 is 2.76 bits per heavy atom. The molecule has 108 valence electrons. The van der Waals surface area contributed by atoms with Crippen LogP contribution in [0.3, 0.4) is 0 Å². The van der Waals surface area contributed by atoms with Gasteiger partial charge in [-0.3, -0.25) is 4.72 Å². The molecule has 1 aromatic heterocycles. The number of nitrogens with two attached hydrogens (primary N) is 1. The van der Waals surface area contributed by atoms with Gasteiger partial charge in [0.05, 0.1) is 6.54 Å². The molecule has 2 rings (SSSR count). The molecule has 7 heteroatoms. The molecule has 0 saturated carbocycles. The summed E-state index contributed by atoms with van der Waals surface area (Å²) in [7, 11) is -4.04. The quantitative estimate of drug-likeness (QED) is 0.838. The summed E-state index contributed by atoms with van der Waals surface area (Å²) in [6.45, 7) is 0.193. The Balaban J connectivity index is 2.31. The van der Waals surface area contributed by atoms with Crippen molar-refractivity contribution in [3.05, 3.63) is 54.0 Å². The Hall–Kier alpha value is -2.43. The van der Waals surface area contributed by atoms with Crippen molar-refractivity contribution in [2.75, 3.05) is 11.3 Å². The molecule has 1 aromatic carbocycles. The van der Waals surface area contributed by atoms with Crippen molar-refractivity contribution in [3.8, 4) is 11.8 Å². The Morgan fingerprint density at radius 2 is 2.05 bits per heavy atom. The Morgan fingerprint density at radius 1 is 1.29 bits per heavy atom. The molecule has 0 unspecified atom stereocenters. The lowest BCUT2D eigenvalue weighted by molar-refractivity contribution is 0.570. The minimum atomic E-state index is -4.04. The fourth-order valence-electron chi connectivity index (χ4n) is 1.57. The van der Waals surface area contributed by atoms with Crippen LogP contribution in [-0.2, 0) is 10.0 Å². The van der Waals surface area contributed by atoms with Gasteiger partial charge in [0.15, 0.2) is 0 Å². The zero-order valence-electron chi connectivity index (χ0n) is 10.9. The first-order chi connectivity index (χ1) is 10.0. The molecule has 0 bridgehead atoms. The summed E-state index contributed by atoms with van der Waals surface area (Å²) in [5.74, 6) is 4.63. The normalized spacial score (nSPS) is 10.6. The third-order valence-corrected chi connectivity index (χ3v) is 3.85. The van der Waals surface area contributed by atoms with E-state index in [2.05, 4.69) is 21.5 Å². The Labute approximate surface area is 122 Å². The minimum Gasteiger partial charge on any atom is -0.320 e. The first-order valence-corrected chi connectivity index (χ1v) is 7.43. The van der Waals surface area contributed by atoms with E-state index in [1.54, 1.807) is 6.07 Å². The number of anilines is 1. The van der Waals surface area contributed by atoms with Gasteiger partial charge in [-0.25, -0.2) is 17.8 Å². The van der Waals surface area contributed by atoms with Gasteiger partial charge in [-0.1, -0.05) is 24.0 Å². The first-order valence-electron chi connectivity index (χ1n) is 5.95. The number of nitrogens with zero attached hydrogens (tertiary/aromatic N) is 1. The number of halogens is 1. The van der Waals surface area contributed by atoms with Gasteiger partial charge in [0.2, 0.25) is 0 Å². The number of benzene rings is 1. The summed E-state index contributed by atoms with van der Waals surface area (Å²) < 4.78 is 40.0. The summed E-state index contributed by atoms with van der Waals surface area (Å²) in [5.41, 5.74) is 5.82. The van der Waals surface area contributed by atoms with E-state index in [1.807, 2.05) is 0 Å². The maximum absolute atomic E-state index is 13.6. The third-order valence-electron chi connectivity index (χ3n) is 2.46. The van der Waals surface area contributed by atoms with Crippen LogP contribution in [0.25, 0.3) is 0 Å². The number of nitrogens with one attached hydrogen (secondary N) is 1. The molecule has 0 aliphatic carbocycles. The van der Waals surface area contributed by atoms with Crippen molar-refractivity contribution in [2.24, 2.45) is 5.73 Å². The van der Waals surface area contributed by atoms with E-state index in [-0.39, 0.29) is 12.4 Å². The lowest BCUT2D eigenvalue weighted by atomic mass is 10.2. The highest BCUT2D eigenvalue weighted by molar-refractivity contribution is 7.92. The second-order valence-electron chi connectivity index (χ2n) is 3.97. The number of hydrogen-bond acceptors (Lipinski definition) is 4. The molecule has 0 aliphatic rings. The first kappa shape index (κ1) is 15.0. The average molecular weight is 305 g/mol. The highest BCUT2D eigenvalue weighted by Gasteiger charge is 2.18. The van der Waals surface area contributed by atoms with Crippen LogP contribution in [0.15, 0.2) is 47.5 Å². The van der Waals surface area contributed by atoms with Crippen molar-refractivity contribution in [3.63, 3.8) is 0 Å². The molecule has 0 aliphatic heterocycles. The zero-order valence-corrected chi connectivity index (χ0v) is 11.7. The number of rotatable bonds is 3. The lowest BCUT2D eigenvalue weighted by Crippen LogP contribution is -2.15. The Bertz CT molecular complexity index is 810. The molecule has 2 aromatic rings. The van der Waals surface area contributed by atoms with E-state index in [4.69, 9.17) is 5.73 Å². The van der Waals surface area contributed by atoms with Crippen molar-refractivity contribution in [2.45, 2.75) is 4.90 Å². The predicted molar refractivity (Wildman–Crippen MR) is 77.4 cm³/mol. The van der Waals surface area contributed by atoms with Crippen molar-refractivity contribution in [1.82, 2.24) is 4.98 Å². The molecule has 0 amide bonds. The smallest absolute Gasteiger partial charge is 0.265 e. The number of aromatic nitrogens is 1. The standard InChI is InChI=1S/C14H12FN3O2S/c15-12-5-1-2-6-13(12)21(19,20)18-14-10-11(4-3-8-16)7-9-17-14/h1-2,5-7,9-10H,8,16H2,(H,17,18). The van der Waals surface area contributed by atoms with Gasteiger partial charge in [-0.2, -0.15) is 0 Å². The van der Waals surface area contributed by atoms with Crippen LogP contribution in [0, 0.1) is 17.7 Å². The van der Waals surface area contributed by atoms with E-state index >= 15 is 0 Å². The summed E-state index contributed by atoms with van der Waals surface area (Å²) in [6.07, 6.45) is 1.40. The van der Waals surface area contributed by atoms with Crippen LogP contribution >= 0.6 is 0 Å². The van der Waals surface area contributed by atoms with E-state index in [0.717, 1.165) is 6.07 Å². The molecular weight excluding hydrogens is 293 g/mol. The van der Waals surface area contributed by atoms with Crippen LogP contribution in [0.4, 0.5) is 10.2 Å². The summed E-state index contributed by atoms with van der Waals surface area (Å²) in [6, 6.07) is 8.16. The molecular formula is C14H12FN3O2S. The van der Waals surface area contributed by atoms with E-state index < -0.39 is 20.7 Å². The van der Waals surface area contributed by atoms with Gasteiger partial charge >= 0.3 is 0 Å². The van der Waals surface area contributed by atoms with E-state index in [0.29, 0.717) is 5.56 Å². The molecule has 21 heavy (non-hydrogen) atoms. The molecule has 0 fully saturated rings. The zero-order chi connectivity index (χ0) is 15.3. The van der Waals surface area contributed by atoms with Gasteiger partial charge in [-0.15, -0.1) is 0 Å². The number of pyridine rings is 1. The molecule has 3 N–H and O–H groups in total. The molecule has 5 nitrogen and oxygen atoms in total. The topological polar surface area (TPSA) is 85.1 Å². The fraction of sp³-hybridized carbons (Fsp3) is 0.0714. The van der Waals surface area contributed by atoms with Gasteiger partial charge in [0.25, 0.3) is 10.0 Å². The monoisotopic (exact) mass is 305 g/mol. The van der Waals surface area contributed by atoms with Crippen molar-refractivity contribution >= 4 is 15.8 Å². The van der Waals surface area contributed by atoms with Crippen LogP contribution in [0.2, 0.25) is 0 Å².